The molecule has 1 aromatic heterocycles. The number of aryl methyl sites for hydroxylation is 1. The summed E-state index contributed by atoms with van der Waals surface area (Å²) >= 11 is 0. The zero-order valence-electron chi connectivity index (χ0n) is 20.7. The fourth-order valence-corrected chi connectivity index (χ4v) is 5.45. The van der Waals surface area contributed by atoms with Gasteiger partial charge in [0.25, 0.3) is 0 Å². The van der Waals surface area contributed by atoms with Gasteiger partial charge in [0.15, 0.2) is 0 Å². The lowest BCUT2D eigenvalue weighted by Crippen LogP contribution is -2.62. The number of carbonyl (C=O) groups excluding carboxylic acids is 1. The number of rotatable bonds is 6. The lowest BCUT2D eigenvalue weighted by molar-refractivity contribution is -0.122. The third-order valence-electron chi connectivity index (χ3n) is 6.41. The van der Waals surface area contributed by atoms with E-state index in [4.69, 9.17) is 9.15 Å². The first-order chi connectivity index (χ1) is 16.0. The molecule has 0 aliphatic carbocycles. The predicted octanol–water partition coefficient (Wildman–Crippen LogP) is 4.83. The minimum absolute atomic E-state index is 0.0288. The summed E-state index contributed by atoms with van der Waals surface area (Å²) in [7, 11) is 1.59. The summed E-state index contributed by atoms with van der Waals surface area (Å²) < 4.78 is 11.0. The van der Waals surface area contributed by atoms with Gasteiger partial charge >= 0.3 is 5.63 Å². The molecule has 0 saturated carbocycles. The molecule has 1 saturated heterocycles. The average Bonchev–Trinajstić information content (AvgIpc) is 2.75. The van der Waals surface area contributed by atoms with Gasteiger partial charge in [-0.2, -0.15) is 0 Å². The van der Waals surface area contributed by atoms with E-state index in [1.165, 1.54) is 6.07 Å². The van der Waals surface area contributed by atoms with Gasteiger partial charge in [-0.3, -0.25) is 4.79 Å². The Morgan fingerprint density at radius 2 is 1.76 bits per heavy atom. The summed E-state index contributed by atoms with van der Waals surface area (Å²) in [5.74, 6) is 0.640. The Bertz CT molecular complexity index is 1230. The molecule has 1 fully saturated rings. The van der Waals surface area contributed by atoms with Gasteiger partial charge in [-0.1, -0.05) is 30.3 Å². The van der Waals surface area contributed by atoms with Crippen molar-refractivity contribution < 1.29 is 13.9 Å². The van der Waals surface area contributed by atoms with Gasteiger partial charge in [-0.25, -0.2) is 4.79 Å². The molecule has 2 heterocycles. The van der Waals surface area contributed by atoms with Crippen LogP contribution >= 0.6 is 0 Å². The second-order valence-electron chi connectivity index (χ2n) is 10.6. The SMILES string of the molecule is COc1cc2oc(=O)cc(-c3ccccc3)c2cc1CCC(=O)NC1CC(C)(C)NC(C)(C)C1. The van der Waals surface area contributed by atoms with Crippen LogP contribution in [0.3, 0.4) is 0 Å². The topological polar surface area (TPSA) is 80.6 Å². The molecule has 1 amide bonds. The summed E-state index contributed by atoms with van der Waals surface area (Å²) in [4.78, 5) is 25.1. The van der Waals surface area contributed by atoms with Crippen molar-refractivity contribution in [2.24, 2.45) is 0 Å². The highest BCUT2D eigenvalue weighted by molar-refractivity contribution is 5.94. The first-order valence-corrected chi connectivity index (χ1v) is 11.8. The second kappa shape index (κ2) is 9.26. The highest BCUT2D eigenvalue weighted by Crippen LogP contribution is 2.33. The van der Waals surface area contributed by atoms with Crippen molar-refractivity contribution in [3.8, 4) is 16.9 Å². The number of hydrogen-bond acceptors (Lipinski definition) is 5. The van der Waals surface area contributed by atoms with Crippen LogP contribution in [0.4, 0.5) is 0 Å². The molecule has 2 N–H and O–H groups in total. The van der Waals surface area contributed by atoms with Crippen molar-refractivity contribution in [3.63, 3.8) is 0 Å². The van der Waals surface area contributed by atoms with Crippen LogP contribution in [0, 0.1) is 0 Å². The van der Waals surface area contributed by atoms with Crippen LogP contribution in [0.25, 0.3) is 22.1 Å². The number of benzene rings is 2. The van der Waals surface area contributed by atoms with Gasteiger partial charge in [0, 0.05) is 41.1 Å². The third-order valence-corrected chi connectivity index (χ3v) is 6.41. The molecule has 0 unspecified atom stereocenters. The Morgan fingerprint density at radius 1 is 1.09 bits per heavy atom. The maximum Gasteiger partial charge on any atom is 0.336 e. The summed E-state index contributed by atoms with van der Waals surface area (Å²) in [5, 5.41) is 7.71. The van der Waals surface area contributed by atoms with E-state index in [2.05, 4.69) is 38.3 Å². The Balaban J connectivity index is 1.56. The molecule has 0 atom stereocenters. The van der Waals surface area contributed by atoms with E-state index >= 15 is 0 Å². The molecule has 6 nitrogen and oxygen atoms in total. The quantitative estimate of drug-likeness (QED) is 0.513. The lowest BCUT2D eigenvalue weighted by Gasteiger charge is -2.46. The molecule has 1 aliphatic rings. The Morgan fingerprint density at radius 3 is 2.41 bits per heavy atom. The molecule has 4 rings (SSSR count). The number of fused-ring (bicyclic) bond motifs is 1. The summed E-state index contributed by atoms with van der Waals surface area (Å²) in [6.45, 7) is 8.71. The zero-order chi connectivity index (χ0) is 24.5. The molecule has 1 aliphatic heterocycles. The molecule has 0 spiro atoms. The second-order valence-corrected chi connectivity index (χ2v) is 10.6. The number of methoxy groups -OCH3 is 1. The molecule has 0 radical (unpaired) electrons. The molecule has 3 aromatic rings. The van der Waals surface area contributed by atoms with E-state index in [9.17, 15) is 9.59 Å². The van der Waals surface area contributed by atoms with Crippen LogP contribution in [0.1, 0.15) is 52.5 Å². The van der Waals surface area contributed by atoms with Crippen LogP contribution in [-0.2, 0) is 11.2 Å². The van der Waals surface area contributed by atoms with Gasteiger partial charge < -0.3 is 19.8 Å². The van der Waals surface area contributed by atoms with Gasteiger partial charge in [-0.15, -0.1) is 0 Å². The van der Waals surface area contributed by atoms with E-state index in [-0.39, 0.29) is 23.0 Å². The molecular formula is C28H34N2O4. The molecule has 34 heavy (non-hydrogen) atoms. The lowest BCUT2D eigenvalue weighted by atomic mass is 9.79. The van der Waals surface area contributed by atoms with Crippen LogP contribution in [0.2, 0.25) is 0 Å². The maximum atomic E-state index is 12.9. The standard InChI is InChI=1S/C28H34N2O4/c1-27(2)16-20(17-28(3,4)30-27)29-25(31)12-11-19-13-22-21(18-9-7-6-8-10-18)14-26(32)34-24(22)15-23(19)33-5/h6-10,13-15,20,30H,11-12,16-17H2,1-5H3,(H,29,31). The Labute approximate surface area is 200 Å². The highest BCUT2D eigenvalue weighted by Gasteiger charge is 2.38. The van der Waals surface area contributed by atoms with E-state index in [0.29, 0.717) is 24.2 Å². The minimum atomic E-state index is -0.409. The van der Waals surface area contributed by atoms with Crippen molar-refractivity contribution in [1.82, 2.24) is 10.6 Å². The molecule has 2 aromatic carbocycles. The number of carbonyl (C=O) groups is 1. The first kappa shape index (κ1) is 24.0. The van der Waals surface area contributed by atoms with E-state index < -0.39 is 5.63 Å². The summed E-state index contributed by atoms with van der Waals surface area (Å²) in [6, 6.07) is 15.1. The number of nitrogens with one attached hydrogen (secondary N) is 2. The fraction of sp³-hybridized carbons (Fsp3) is 0.429. The van der Waals surface area contributed by atoms with Gasteiger partial charge in [-0.05, 0) is 69.7 Å². The highest BCUT2D eigenvalue weighted by atomic mass is 16.5. The van der Waals surface area contributed by atoms with Crippen molar-refractivity contribution >= 4 is 16.9 Å². The van der Waals surface area contributed by atoms with E-state index in [0.717, 1.165) is 34.9 Å². The predicted molar refractivity (Wildman–Crippen MR) is 135 cm³/mol. The van der Waals surface area contributed by atoms with Gasteiger partial charge in [0.05, 0.1) is 7.11 Å². The molecule has 180 valence electrons. The number of amides is 1. The number of piperidine rings is 1. The Hall–Kier alpha value is -3.12. The van der Waals surface area contributed by atoms with Crippen molar-refractivity contribution in [1.29, 1.82) is 0 Å². The average molecular weight is 463 g/mol. The van der Waals surface area contributed by atoms with Crippen molar-refractivity contribution in [2.45, 2.75) is 70.5 Å². The van der Waals surface area contributed by atoms with Crippen LogP contribution < -0.4 is 21.0 Å². The monoisotopic (exact) mass is 462 g/mol. The number of hydrogen-bond donors (Lipinski definition) is 2. The summed E-state index contributed by atoms with van der Waals surface area (Å²) in [6.07, 6.45) is 2.65. The van der Waals surface area contributed by atoms with Gasteiger partial charge in [0.2, 0.25) is 5.91 Å². The summed E-state index contributed by atoms with van der Waals surface area (Å²) in [5.41, 5.74) is 2.65. The van der Waals surface area contributed by atoms with Gasteiger partial charge in [0.1, 0.15) is 11.3 Å². The molecule has 6 heteroatoms. The maximum absolute atomic E-state index is 12.9. The fourth-order valence-electron chi connectivity index (χ4n) is 5.45. The van der Waals surface area contributed by atoms with Crippen LogP contribution in [0.5, 0.6) is 5.75 Å². The molecule has 0 bridgehead atoms. The van der Waals surface area contributed by atoms with Crippen molar-refractivity contribution in [2.75, 3.05) is 7.11 Å². The van der Waals surface area contributed by atoms with E-state index in [1.807, 2.05) is 36.4 Å². The Kier molecular flexibility index (Phi) is 6.54. The third kappa shape index (κ3) is 5.50. The minimum Gasteiger partial charge on any atom is -0.496 e. The van der Waals surface area contributed by atoms with Crippen LogP contribution in [-0.4, -0.2) is 30.1 Å². The van der Waals surface area contributed by atoms with Crippen molar-refractivity contribution in [3.05, 3.63) is 64.5 Å². The largest absolute Gasteiger partial charge is 0.496 e. The smallest absolute Gasteiger partial charge is 0.336 e. The first-order valence-electron chi connectivity index (χ1n) is 11.8. The van der Waals surface area contributed by atoms with Crippen LogP contribution in [0.15, 0.2) is 57.7 Å². The zero-order valence-corrected chi connectivity index (χ0v) is 20.7. The van der Waals surface area contributed by atoms with E-state index in [1.54, 1.807) is 13.2 Å². The number of ether oxygens (including phenoxy) is 1. The normalized spacial score (nSPS) is 17.4. The molecular weight excluding hydrogens is 428 g/mol.